The number of hydrogen-bond acceptors (Lipinski definition) is 5. The Bertz CT molecular complexity index is 983. The molecule has 132 valence electrons. The van der Waals surface area contributed by atoms with Gasteiger partial charge in [-0.1, -0.05) is 18.2 Å². The van der Waals surface area contributed by atoms with Crippen LogP contribution in [0.2, 0.25) is 0 Å². The maximum absolute atomic E-state index is 12.8. The van der Waals surface area contributed by atoms with Crippen molar-refractivity contribution in [1.29, 1.82) is 0 Å². The van der Waals surface area contributed by atoms with Crippen LogP contribution in [-0.2, 0) is 19.4 Å². The van der Waals surface area contributed by atoms with Crippen molar-refractivity contribution in [3.63, 3.8) is 0 Å². The molecule has 0 fully saturated rings. The first kappa shape index (κ1) is 16.4. The molecule has 6 heteroatoms. The highest BCUT2D eigenvalue weighted by Gasteiger charge is 2.16. The summed E-state index contributed by atoms with van der Waals surface area (Å²) in [7, 11) is 3.83. The van der Waals surface area contributed by atoms with Crippen molar-refractivity contribution >= 4 is 22.6 Å². The number of carbonyl (C=O) groups excluding carboxylic acids is 1. The Morgan fingerprint density at radius 2 is 2.04 bits per heavy atom. The summed E-state index contributed by atoms with van der Waals surface area (Å²) in [5, 5.41) is 3.79. The highest BCUT2D eigenvalue weighted by atomic mass is 16.1. The third kappa shape index (κ3) is 3.10. The molecule has 0 unspecified atom stereocenters. The molecule has 0 spiro atoms. The van der Waals surface area contributed by atoms with Crippen molar-refractivity contribution in [3.05, 3.63) is 59.2 Å². The zero-order valence-corrected chi connectivity index (χ0v) is 15.0. The standard InChI is InChI=1S/C20H21N5O/c1-25(2)19-10-15(14-7-3-4-8-17(14)24-19)20(26)22-12-18-21-11-13-6-5-9-16(13)23-18/h3-4,7-8,10-11H,5-6,9,12H2,1-2H3,(H,22,26). The summed E-state index contributed by atoms with van der Waals surface area (Å²) >= 11 is 0. The van der Waals surface area contributed by atoms with Crippen LogP contribution in [0.3, 0.4) is 0 Å². The third-order valence-corrected chi connectivity index (χ3v) is 4.68. The smallest absolute Gasteiger partial charge is 0.252 e. The number of benzene rings is 1. The van der Waals surface area contributed by atoms with E-state index >= 15 is 0 Å². The lowest BCUT2D eigenvalue weighted by atomic mass is 10.1. The largest absolute Gasteiger partial charge is 0.363 e. The van der Waals surface area contributed by atoms with E-state index in [9.17, 15) is 4.79 Å². The predicted molar refractivity (Wildman–Crippen MR) is 101 cm³/mol. The van der Waals surface area contributed by atoms with Gasteiger partial charge in [-0.05, 0) is 37.0 Å². The number of anilines is 1. The van der Waals surface area contributed by atoms with Crippen LogP contribution in [0.25, 0.3) is 10.9 Å². The van der Waals surface area contributed by atoms with E-state index in [4.69, 9.17) is 0 Å². The van der Waals surface area contributed by atoms with Gasteiger partial charge in [-0.15, -0.1) is 0 Å². The molecule has 4 rings (SSSR count). The highest BCUT2D eigenvalue weighted by molar-refractivity contribution is 6.06. The van der Waals surface area contributed by atoms with Crippen molar-refractivity contribution in [1.82, 2.24) is 20.3 Å². The summed E-state index contributed by atoms with van der Waals surface area (Å²) in [5.41, 5.74) is 3.77. The Labute approximate surface area is 152 Å². The molecule has 0 saturated heterocycles. The molecular weight excluding hydrogens is 326 g/mol. The fourth-order valence-electron chi connectivity index (χ4n) is 3.27. The minimum Gasteiger partial charge on any atom is -0.363 e. The van der Waals surface area contributed by atoms with Gasteiger partial charge >= 0.3 is 0 Å². The predicted octanol–water partition coefficient (Wildman–Crippen LogP) is 2.51. The first-order valence-corrected chi connectivity index (χ1v) is 8.81. The second kappa shape index (κ2) is 6.71. The number of para-hydroxylation sites is 1. The Morgan fingerprint density at radius 1 is 1.19 bits per heavy atom. The van der Waals surface area contributed by atoms with E-state index in [1.807, 2.05) is 55.5 Å². The Morgan fingerprint density at radius 3 is 2.88 bits per heavy atom. The molecule has 0 aliphatic heterocycles. The van der Waals surface area contributed by atoms with Gasteiger partial charge in [0.15, 0.2) is 0 Å². The number of rotatable bonds is 4. The van der Waals surface area contributed by atoms with Crippen LogP contribution >= 0.6 is 0 Å². The second-order valence-electron chi connectivity index (χ2n) is 6.73. The van der Waals surface area contributed by atoms with Gasteiger partial charge in [0.1, 0.15) is 11.6 Å². The molecule has 0 bridgehead atoms. The van der Waals surface area contributed by atoms with Crippen LogP contribution in [0.5, 0.6) is 0 Å². The zero-order valence-electron chi connectivity index (χ0n) is 15.0. The molecule has 1 aliphatic rings. The molecule has 26 heavy (non-hydrogen) atoms. The van der Waals surface area contributed by atoms with Gasteiger partial charge in [0, 0.05) is 31.4 Å². The second-order valence-corrected chi connectivity index (χ2v) is 6.73. The van der Waals surface area contributed by atoms with E-state index in [1.54, 1.807) is 0 Å². The van der Waals surface area contributed by atoms with Gasteiger partial charge in [0.05, 0.1) is 17.6 Å². The molecule has 0 saturated carbocycles. The van der Waals surface area contributed by atoms with Gasteiger partial charge in [0.2, 0.25) is 0 Å². The molecule has 1 amide bonds. The molecule has 1 aliphatic carbocycles. The van der Waals surface area contributed by atoms with Crippen LogP contribution in [0.4, 0.5) is 5.82 Å². The molecule has 6 nitrogen and oxygen atoms in total. The minimum absolute atomic E-state index is 0.143. The minimum atomic E-state index is -0.143. The molecule has 1 aromatic carbocycles. The van der Waals surface area contributed by atoms with Crippen molar-refractivity contribution in [2.75, 3.05) is 19.0 Å². The Balaban J connectivity index is 1.59. The summed E-state index contributed by atoms with van der Waals surface area (Å²) in [6, 6.07) is 9.50. The van der Waals surface area contributed by atoms with E-state index < -0.39 is 0 Å². The molecular formula is C20H21N5O. The first-order valence-electron chi connectivity index (χ1n) is 8.81. The fourth-order valence-corrected chi connectivity index (χ4v) is 3.27. The summed E-state index contributed by atoms with van der Waals surface area (Å²) < 4.78 is 0. The van der Waals surface area contributed by atoms with Crippen molar-refractivity contribution in [2.45, 2.75) is 25.8 Å². The number of amides is 1. The lowest BCUT2D eigenvalue weighted by Crippen LogP contribution is -2.25. The number of nitrogens with one attached hydrogen (secondary N) is 1. The number of fused-ring (bicyclic) bond motifs is 2. The van der Waals surface area contributed by atoms with Gasteiger partial charge in [-0.3, -0.25) is 4.79 Å². The van der Waals surface area contributed by atoms with Crippen molar-refractivity contribution in [2.24, 2.45) is 0 Å². The Kier molecular flexibility index (Phi) is 4.24. The van der Waals surface area contributed by atoms with E-state index in [0.29, 0.717) is 17.9 Å². The normalized spacial score (nSPS) is 12.8. The molecule has 2 aromatic heterocycles. The average Bonchev–Trinajstić information content (AvgIpc) is 3.13. The maximum Gasteiger partial charge on any atom is 0.252 e. The molecule has 1 N–H and O–H groups in total. The van der Waals surface area contributed by atoms with E-state index in [2.05, 4.69) is 20.3 Å². The molecule has 3 aromatic rings. The number of pyridine rings is 1. The third-order valence-electron chi connectivity index (χ3n) is 4.68. The zero-order chi connectivity index (χ0) is 18.1. The summed E-state index contributed by atoms with van der Waals surface area (Å²) in [4.78, 5) is 28.3. The number of aromatic nitrogens is 3. The van der Waals surface area contributed by atoms with E-state index in [0.717, 1.165) is 41.7 Å². The molecule has 0 radical (unpaired) electrons. The topological polar surface area (TPSA) is 71.0 Å². The SMILES string of the molecule is CN(C)c1cc(C(=O)NCc2ncc3c(n2)CCC3)c2ccccc2n1. The summed E-state index contributed by atoms with van der Waals surface area (Å²) in [5.74, 6) is 1.27. The highest BCUT2D eigenvalue weighted by Crippen LogP contribution is 2.22. The monoisotopic (exact) mass is 347 g/mol. The number of nitrogens with zero attached hydrogens (tertiary/aromatic N) is 4. The van der Waals surface area contributed by atoms with Gasteiger partial charge in [-0.25, -0.2) is 15.0 Å². The number of hydrogen-bond donors (Lipinski definition) is 1. The first-order chi connectivity index (χ1) is 12.6. The van der Waals surface area contributed by atoms with Gasteiger partial charge in [-0.2, -0.15) is 0 Å². The van der Waals surface area contributed by atoms with Gasteiger partial charge < -0.3 is 10.2 Å². The molecule has 2 heterocycles. The number of aryl methyl sites for hydroxylation is 2. The maximum atomic E-state index is 12.8. The van der Waals surface area contributed by atoms with Crippen LogP contribution in [0, 0.1) is 0 Å². The van der Waals surface area contributed by atoms with Gasteiger partial charge in [0.25, 0.3) is 5.91 Å². The van der Waals surface area contributed by atoms with Crippen LogP contribution in [0.1, 0.15) is 33.9 Å². The van der Waals surface area contributed by atoms with Crippen molar-refractivity contribution in [3.8, 4) is 0 Å². The molecule has 0 atom stereocenters. The number of carbonyl (C=O) groups is 1. The van der Waals surface area contributed by atoms with Crippen LogP contribution in [-0.4, -0.2) is 35.0 Å². The lowest BCUT2D eigenvalue weighted by Gasteiger charge is -2.15. The Hall–Kier alpha value is -3.02. The van der Waals surface area contributed by atoms with Crippen LogP contribution in [0.15, 0.2) is 36.5 Å². The van der Waals surface area contributed by atoms with E-state index in [-0.39, 0.29) is 5.91 Å². The fraction of sp³-hybridized carbons (Fsp3) is 0.300. The lowest BCUT2D eigenvalue weighted by molar-refractivity contribution is 0.0951. The summed E-state index contributed by atoms with van der Waals surface area (Å²) in [6.45, 7) is 0.320. The van der Waals surface area contributed by atoms with E-state index in [1.165, 1.54) is 5.56 Å². The quantitative estimate of drug-likeness (QED) is 0.785. The average molecular weight is 347 g/mol. The summed E-state index contributed by atoms with van der Waals surface area (Å²) in [6.07, 6.45) is 5.08. The van der Waals surface area contributed by atoms with Crippen molar-refractivity contribution < 1.29 is 4.79 Å². The van der Waals surface area contributed by atoms with Crippen LogP contribution < -0.4 is 10.2 Å².